The van der Waals surface area contributed by atoms with Crippen molar-refractivity contribution in [3.05, 3.63) is 38.3 Å². The summed E-state index contributed by atoms with van der Waals surface area (Å²) in [7, 11) is 1.26. The molecule has 2 aromatic rings. The number of nitrogens with zero attached hydrogens (tertiary/aromatic N) is 1. The van der Waals surface area contributed by atoms with Crippen LogP contribution in [0.15, 0.2) is 18.2 Å². The van der Waals surface area contributed by atoms with E-state index in [2.05, 4.69) is 9.72 Å². The second-order valence-corrected chi connectivity index (χ2v) is 4.83. The molecule has 17 heavy (non-hydrogen) atoms. The molecule has 3 nitrogen and oxygen atoms in total. The van der Waals surface area contributed by atoms with E-state index in [9.17, 15) is 9.18 Å². The van der Waals surface area contributed by atoms with Gasteiger partial charge in [0.2, 0.25) is 0 Å². The van der Waals surface area contributed by atoms with Crippen LogP contribution in [0.4, 0.5) is 4.39 Å². The number of carbonyl (C=O) groups is 1. The summed E-state index contributed by atoms with van der Waals surface area (Å²) in [6, 6.07) is 3.98. The molecule has 1 heterocycles. The van der Waals surface area contributed by atoms with E-state index in [1.165, 1.54) is 25.3 Å². The third kappa shape index (κ3) is 2.35. The molecule has 0 fully saturated rings. The summed E-state index contributed by atoms with van der Waals surface area (Å²) in [5.41, 5.74) is 0.592. The van der Waals surface area contributed by atoms with Gasteiger partial charge in [0.1, 0.15) is 5.82 Å². The van der Waals surface area contributed by atoms with Gasteiger partial charge in [-0.1, -0.05) is 11.6 Å². The van der Waals surface area contributed by atoms with Crippen LogP contribution in [-0.2, 0) is 4.74 Å². The molecule has 0 spiro atoms. The molecule has 0 aliphatic carbocycles. The first-order chi connectivity index (χ1) is 8.02. The summed E-state index contributed by atoms with van der Waals surface area (Å²) in [6.07, 6.45) is 0. The van der Waals surface area contributed by atoms with Crippen molar-refractivity contribution < 1.29 is 13.9 Å². The average molecular weight is 366 g/mol. The first-order valence-corrected chi connectivity index (χ1v) is 6.02. The van der Waals surface area contributed by atoms with Gasteiger partial charge in [-0.15, -0.1) is 0 Å². The van der Waals surface area contributed by atoms with Crippen LogP contribution in [0.2, 0.25) is 5.02 Å². The molecule has 0 saturated heterocycles. The zero-order valence-electron chi connectivity index (χ0n) is 8.63. The Kier molecular flexibility index (Phi) is 3.48. The molecular weight excluding hydrogens is 359 g/mol. The maximum absolute atomic E-state index is 13.2. The number of hydrogen-bond acceptors (Lipinski definition) is 3. The Balaban J connectivity index is 2.77. The molecule has 2 rings (SSSR count). The summed E-state index contributed by atoms with van der Waals surface area (Å²) in [4.78, 5) is 15.5. The van der Waals surface area contributed by atoms with Gasteiger partial charge in [0, 0.05) is 8.96 Å². The third-order valence-electron chi connectivity index (χ3n) is 2.18. The van der Waals surface area contributed by atoms with Crippen LogP contribution in [0.1, 0.15) is 10.5 Å². The Labute approximate surface area is 115 Å². The number of halogens is 3. The van der Waals surface area contributed by atoms with Crippen LogP contribution in [0.25, 0.3) is 10.9 Å². The molecule has 0 unspecified atom stereocenters. The van der Waals surface area contributed by atoms with Crippen LogP contribution < -0.4 is 0 Å². The van der Waals surface area contributed by atoms with E-state index < -0.39 is 11.8 Å². The molecule has 0 saturated carbocycles. The van der Waals surface area contributed by atoms with Crippen molar-refractivity contribution in [1.82, 2.24) is 4.98 Å². The molecule has 88 valence electrons. The van der Waals surface area contributed by atoms with Gasteiger partial charge in [-0.3, -0.25) is 0 Å². The van der Waals surface area contributed by atoms with Gasteiger partial charge >= 0.3 is 5.97 Å². The monoisotopic (exact) mass is 365 g/mol. The summed E-state index contributed by atoms with van der Waals surface area (Å²) in [5.74, 6) is -0.967. The van der Waals surface area contributed by atoms with E-state index in [0.717, 1.165) is 0 Å². The normalized spacial score (nSPS) is 10.6. The van der Waals surface area contributed by atoms with Gasteiger partial charge in [-0.2, -0.15) is 0 Å². The molecule has 1 aromatic heterocycles. The number of carbonyl (C=O) groups excluding carboxylic acids is 1. The quantitative estimate of drug-likeness (QED) is 0.574. The SMILES string of the molecule is COC(=O)c1cc(Cl)c2cc(F)cc(I)c2n1. The van der Waals surface area contributed by atoms with E-state index in [0.29, 0.717) is 14.5 Å². The number of esters is 1. The van der Waals surface area contributed by atoms with E-state index in [1.807, 2.05) is 22.6 Å². The number of rotatable bonds is 1. The molecule has 0 aliphatic heterocycles. The Morgan fingerprint density at radius 2 is 2.18 bits per heavy atom. The van der Waals surface area contributed by atoms with Crippen LogP contribution in [0.3, 0.4) is 0 Å². The Morgan fingerprint density at radius 3 is 2.82 bits per heavy atom. The topological polar surface area (TPSA) is 39.2 Å². The minimum absolute atomic E-state index is 0.106. The molecule has 0 radical (unpaired) electrons. The van der Waals surface area contributed by atoms with Crippen LogP contribution in [0, 0.1) is 9.39 Å². The Hall–Kier alpha value is -0.950. The Bertz CT molecular complexity index is 618. The highest BCUT2D eigenvalue weighted by Crippen LogP contribution is 2.27. The smallest absolute Gasteiger partial charge is 0.356 e. The van der Waals surface area contributed by atoms with Crippen molar-refractivity contribution >= 4 is 51.1 Å². The largest absolute Gasteiger partial charge is 0.464 e. The molecule has 0 N–H and O–H groups in total. The van der Waals surface area contributed by atoms with Crippen molar-refractivity contribution in [1.29, 1.82) is 0 Å². The molecule has 6 heteroatoms. The van der Waals surface area contributed by atoms with Crippen LogP contribution in [0.5, 0.6) is 0 Å². The highest BCUT2D eigenvalue weighted by molar-refractivity contribution is 14.1. The van der Waals surface area contributed by atoms with E-state index in [1.54, 1.807) is 0 Å². The summed E-state index contributed by atoms with van der Waals surface area (Å²) in [6.45, 7) is 0. The van der Waals surface area contributed by atoms with Crippen molar-refractivity contribution in [2.75, 3.05) is 7.11 Å². The number of benzene rings is 1. The maximum Gasteiger partial charge on any atom is 0.356 e. The lowest BCUT2D eigenvalue weighted by molar-refractivity contribution is 0.0594. The second kappa shape index (κ2) is 4.73. The summed E-state index contributed by atoms with van der Waals surface area (Å²) in [5, 5.41) is 0.747. The van der Waals surface area contributed by atoms with Crippen LogP contribution >= 0.6 is 34.2 Å². The van der Waals surface area contributed by atoms with E-state index in [-0.39, 0.29) is 10.7 Å². The highest BCUT2D eigenvalue weighted by atomic mass is 127. The fraction of sp³-hybridized carbons (Fsp3) is 0.0909. The van der Waals surface area contributed by atoms with Gasteiger partial charge in [0.25, 0.3) is 0 Å². The number of ether oxygens (including phenoxy) is 1. The number of pyridine rings is 1. The number of methoxy groups -OCH3 is 1. The molecule has 0 bridgehead atoms. The average Bonchev–Trinajstić information content (AvgIpc) is 2.29. The fourth-order valence-corrected chi connectivity index (χ4v) is 2.38. The lowest BCUT2D eigenvalue weighted by Gasteiger charge is -2.05. The minimum Gasteiger partial charge on any atom is -0.464 e. The summed E-state index contributed by atoms with van der Waals surface area (Å²) >= 11 is 7.93. The first-order valence-electron chi connectivity index (χ1n) is 4.56. The van der Waals surface area contributed by atoms with Gasteiger partial charge in [0.05, 0.1) is 17.6 Å². The van der Waals surface area contributed by atoms with Crippen molar-refractivity contribution in [3.63, 3.8) is 0 Å². The predicted octanol–water partition coefficient (Wildman–Crippen LogP) is 3.42. The van der Waals surface area contributed by atoms with Crippen LogP contribution in [-0.4, -0.2) is 18.1 Å². The molecule has 1 aromatic carbocycles. The second-order valence-electron chi connectivity index (χ2n) is 3.26. The number of aromatic nitrogens is 1. The Morgan fingerprint density at radius 1 is 1.47 bits per heavy atom. The maximum atomic E-state index is 13.2. The van der Waals surface area contributed by atoms with Crippen molar-refractivity contribution in [2.45, 2.75) is 0 Å². The standard InChI is InChI=1S/C11H6ClFINO2/c1-17-11(16)9-4-7(12)6-2-5(13)3-8(14)10(6)15-9/h2-4H,1H3. The van der Waals surface area contributed by atoms with Gasteiger partial charge in [-0.25, -0.2) is 14.2 Å². The van der Waals surface area contributed by atoms with Crippen molar-refractivity contribution in [3.8, 4) is 0 Å². The molecular formula is C11H6ClFINO2. The minimum atomic E-state index is -0.575. The third-order valence-corrected chi connectivity index (χ3v) is 3.31. The predicted molar refractivity (Wildman–Crippen MR) is 70.8 cm³/mol. The molecule has 0 amide bonds. The van der Waals surface area contributed by atoms with Crippen molar-refractivity contribution in [2.24, 2.45) is 0 Å². The highest BCUT2D eigenvalue weighted by Gasteiger charge is 2.14. The zero-order valence-corrected chi connectivity index (χ0v) is 11.5. The first kappa shape index (κ1) is 12.5. The van der Waals surface area contributed by atoms with Gasteiger partial charge < -0.3 is 4.74 Å². The fourth-order valence-electron chi connectivity index (χ4n) is 1.42. The van der Waals surface area contributed by atoms with E-state index >= 15 is 0 Å². The lowest BCUT2D eigenvalue weighted by Crippen LogP contribution is -2.05. The van der Waals surface area contributed by atoms with Gasteiger partial charge in [0.15, 0.2) is 5.69 Å². The molecule has 0 aliphatic rings. The number of hydrogen-bond donors (Lipinski definition) is 0. The number of fused-ring (bicyclic) bond motifs is 1. The summed E-state index contributed by atoms with van der Waals surface area (Å²) < 4.78 is 18.4. The zero-order chi connectivity index (χ0) is 12.6. The van der Waals surface area contributed by atoms with E-state index in [4.69, 9.17) is 11.6 Å². The lowest BCUT2D eigenvalue weighted by atomic mass is 10.2. The van der Waals surface area contributed by atoms with Gasteiger partial charge in [-0.05, 0) is 40.8 Å². The molecule has 0 atom stereocenters.